The summed E-state index contributed by atoms with van der Waals surface area (Å²) in [5.74, 6) is -0.399. The van der Waals surface area contributed by atoms with E-state index < -0.39 is 15.9 Å². The second-order valence-corrected chi connectivity index (χ2v) is 6.33. The molecule has 0 aliphatic heterocycles. The fourth-order valence-corrected chi connectivity index (χ4v) is 2.13. The number of hydrogen-bond acceptors (Lipinski definition) is 4. The van der Waals surface area contributed by atoms with E-state index in [4.69, 9.17) is 0 Å². The van der Waals surface area contributed by atoms with Crippen molar-refractivity contribution in [2.75, 3.05) is 12.8 Å². The number of carbonyl (C=O) groups excluding carboxylic acids is 1. The Balaban J connectivity index is 1.96. The van der Waals surface area contributed by atoms with Crippen LogP contribution < -0.4 is 10.0 Å². The van der Waals surface area contributed by atoms with Gasteiger partial charge in [0.25, 0.3) is 0 Å². The van der Waals surface area contributed by atoms with Crippen LogP contribution in [0.3, 0.4) is 0 Å². The zero-order valence-electron chi connectivity index (χ0n) is 11.3. The maximum atomic E-state index is 11.5. The van der Waals surface area contributed by atoms with E-state index in [1.165, 1.54) is 0 Å². The average molecular weight is 296 g/mol. The lowest BCUT2D eigenvalue weighted by atomic mass is 10.4. The van der Waals surface area contributed by atoms with Crippen molar-refractivity contribution in [3.05, 3.63) is 35.8 Å². The minimum atomic E-state index is -3.36. The van der Waals surface area contributed by atoms with Crippen molar-refractivity contribution in [2.24, 2.45) is 0 Å². The van der Waals surface area contributed by atoms with Gasteiger partial charge in [-0.1, -0.05) is 6.07 Å². The van der Waals surface area contributed by atoms with E-state index in [0.717, 1.165) is 17.6 Å². The molecule has 0 saturated carbocycles. The molecule has 7 nitrogen and oxygen atoms in total. The van der Waals surface area contributed by atoms with Crippen LogP contribution in [0.1, 0.15) is 11.4 Å². The van der Waals surface area contributed by atoms with Crippen LogP contribution in [0.5, 0.6) is 0 Å². The van der Waals surface area contributed by atoms with E-state index in [-0.39, 0.29) is 13.1 Å². The number of aromatic nitrogens is 2. The first kappa shape index (κ1) is 14.5. The molecule has 2 heterocycles. The fourth-order valence-electron chi connectivity index (χ4n) is 1.73. The monoisotopic (exact) mass is 296 g/mol. The number of sulfonamides is 1. The van der Waals surface area contributed by atoms with Gasteiger partial charge in [-0.2, -0.15) is 0 Å². The highest BCUT2D eigenvalue weighted by atomic mass is 32.2. The molecule has 8 heteroatoms. The average Bonchev–Trinajstić information content (AvgIpc) is 2.77. The molecule has 1 amide bonds. The molecule has 0 fully saturated rings. The van der Waals surface area contributed by atoms with Crippen LogP contribution in [0.25, 0.3) is 5.65 Å². The van der Waals surface area contributed by atoms with Crippen molar-refractivity contribution < 1.29 is 13.2 Å². The van der Waals surface area contributed by atoms with Gasteiger partial charge in [-0.15, -0.1) is 0 Å². The third-order valence-electron chi connectivity index (χ3n) is 2.71. The molecule has 108 valence electrons. The number of pyridine rings is 1. The van der Waals surface area contributed by atoms with Gasteiger partial charge in [0.05, 0.1) is 25.0 Å². The van der Waals surface area contributed by atoms with Gasteiger partial charge < -0.3 is 9.72 Å². The van der Waals surface area contributed by atoms with E-state index >= 15 is 0 Å². The van der Waals surface area contributed by atoms with Crippen molar-refractivity contribution in [2.45, 2.75) is 13.5 Å². The number of imidazole rings is 1. The van der Waals surface area contributed by atoms with E-state index in [1.807, 2.05) is 35.7 Å². The van der Waals surface area contributed by atoms with Gasteiger partial charge in [0.2, 0.25) is 15.9 Å². The van der Waals surface area contributed by atoms with E-state index in [0.29, 0.717) is 5.69 Å². The van der Waals surface area contributed by atoms with Gasteiger partial charge in [-0.25, -0.2) is 18.1 Å². The normalized spacial score (nSPS) is 11.7. The Labute approximate surface area is 117 Å². The molecule has 0 aliphatic carbocycles. The SMILES string of the molecule is Cc1cccc2nc(CNC(=O)CNS(C)(=O)=O)cn12. The van der Waals surface area contributed by atoms with Crippen LogP contribution in [0.15, 0.2) is 24.4 Å². The fraction of sp³-hybridized carbons (Fsp3) is 0.333. The Morgan fingerprint density at radius 3 is 2.80 bits per heavy atom. The number of aryl methyl sites for hydroxylation is 1. The Hall–Kier alpha value is -1.93. The van der Waals surface area contributed by atoms with Crippen molar-refractivity contribution in [3.8, 4) is 0 Å². The Bertz CT molecular complexity index is 736. The number of carbonyl (C=O) groups is 1. The summed E-state index contributed by atoms with van der Waals surface area (Å²) in [5.41, 5.74) is 2.57. The number of amides is 1. The smallest absolute Gasteiger partial charge is 0.235 e. The lowest BCUT2D eigenvalue weighted by molar-refractivity contribution is -0.120. The third-order valence-corrected chi connectivity index (χ3v) is 3.38. The van der Waals surface area contributed by atoms with Crippen molar-refractivity contribution in [3.63, 3.8) is 0 Å². The molecular weight excluding hydrogens is 280 g/mol. The first-order chi connectivity index (χ1) is 9.35. The summed E-state index contributed by atoms with van der Waals surface area (Å²) in [4.78, 5) is 15.8. The van der Waals surface area contributed by atoms with Gasteiger partial charge in [-0.05, 0) is 19.1 Å². The third kappa shape index (κ3) is 3.78. The lowest BCUT2D eigenvalue weighted by Crippen LogP contribution is -2.36. The first-order valence-electron chi connectivity index (χ1n) is 6.00. The van der Waals surface area contributed by atoms with E-state index in [9.17, 15) is 13.2 Å². The molecule has 0 bridgehead atoms. The van der Waals surface area contributed by atoms with Crippen LogP contribution in [-0.4, -0.2) is 36.5 Å². The predicted octanol–water partition coefficient (Wildman–Crippen LogP) is -0.192. The topological polar surface area (TPSA) is 92.6 Å². The Kier molecular flexibility index (Phi) is 4.05. The summed E-state index contributed by atoms with van der Waals surface area (Å²) in [5, 5.41) is 2.61. The second-order valence-electron chi connectivity index (χ2n) is 4.50. The van der Waals surface area contributed by atoms with Gasteiger partial charge >= 0.3 is 0 Å². The summed E-state index contributed by atoms with van der Waals surface area (Å²) in [6, 6.07) is 5.76. The summed E-state index contributed by atoms with van der Waals surface area (Å²) >= 11 is 0. The van der Waals surface area contributed by atoms with Gasteiger partial charge in [0.1, 0.15) is 5.65 Å². The van der Waals surface area contributed by atoms with Crippen molar-refractivity contribution >= 4 is 21.6 Å². The molecule has 0 radical (unpaired) electrons. The second kappa shape index (κ2) is 5.59. The number of nitrogens with zero attached hydrogens (tertiary/aromatic N) is 2. The molecule has 2 rings (SSSR count). The van der Waals surface area contributed by atoms with Crippen LogP contribution in [0, 0.1) is 6.92 Å². The van der Waals surface area contributed by atoms with Crippen molar-refractivity contribution in [1.82, 2.24) is 19.4 Å². The van der Waals surface area contributed by atoms with Crippen molar-refractivity contribution in [1.29, 1.82) is 0 Å². The standard InChI is InChI=1S/C12H16N4O3S/c1-9-4-3-5-11-15-10(8-16(9)11)6-13-12(17)7-14-20(2,18)19/h3-5,8,14H,6-7H2,1-2H3,(H,13,17). The lowest BCUT2D eigenvalue weighted by Gasteiger charge is -2.03. The van der Waals surface area contributed by atoms with E-state index in [1.54, 1.807) is 0 Å². The maximum Gasteiger partial charge on any atom is 0.235 e. The van der Waals surface area contributed by atoms with Gasteiger partial charge in [0.15, 0.2) is 0 Å². The van der Waals surface area contributed by atoms with Crippen LogP contribution in [0.4, 0.5) is 0 Å². The zero-order chi connectivity index (χ0) is 14.8. The number of fused-ring (bicyclic) bond motifs is 1. The molecule has 2 aromatic rings. The molecular formula is C12H16N4O3S. The van der Waals surface area contributed by atoms with Crippen LogP contribution in [0.2, 0.25) is 0 Å². The molecule has 0 aliphatic rings. The highest BCUT2D eigenvalue weighted by Crippen LogP contribution is 2.07. The molecule has 0 saturated heterocycles. The summed E-state index contributed by atoms with van der Waals surface area (Å²) in [6.45, 7) is 1.95. The Morgan fingerprint density at radius 2 is 2.15 bits per heavy atom. The summed E-state index contributed by atoms with van der Waals surface area (Å²) in [6.07, 6.45) is 2.85. The van der Waals surface area contributed by atoms with Crippen LogP contribution >= 0.6 is 0 Å². The highest BCUT2D eigenvalue weighted by molar-refractivity contribution is 7.88. The van der Waals surface area contributed by atoms with Gasteiger partial charge in [0, 0.05) is 11.9 Å². The summed E-state index contributed by atoms with van der Waals surface area (Å²) < 4.78 is 25.8. The molecule has 2 aromatic heterocycles. The molecule has 0 atom stereocenters. The molecule has 0 aromatic carbocycles. The number of hydrogen-bond donors (Lipinski definition) is 2. The number of rotatable bonds is 5. The molecule has 0 unspecified atom stereocenters. The maximum absolute atomic E-state index is 11.5. The van der Waals surface area contributed by atoms with Gasteiger partial charge in [-0.3, -0.25) is 4.79 Å². The molecule has 0 spiro atoms. The molecule has 20 heavy (non-hydrogen) atoms. The molecule has 2 N–H and O–H groups in total. The minimum Gasteiger partial charge on any atom is -0.349 e. The summed E-state index contributed by atoms with van der Waals surface area (Å²) in [7, 11) is -3.36. The predicted molar refractivity (Wildman–Crippen MR) is 74.6 cm³/mol. The minimum absolute atomic E-state index is 0.255. The van der Waals surface area contributed by atoms with Crippen LogP contribution in [-0.2, 0) is 21.4 Å². The quantitative estimate of drug-likeness (QED) is 0.800. The largest absolute Gasteiger partial charge is 0.349 e. The van der Waals surface area contributed by atoms with E-state index in [2.05, 4.69) is 15.0 Å². The Morgan fingerprint density at radius 1 is 1.40 bits per heavy atom. The zero-order valence-corrected chi connectivity index (χ0v) is 12.1. The number of nitrogens with one attached hydrogen (secondary N) is 2. The highest BCUT2D eigenvalue weighted by Gasteiger charge is 2.08. The first-order valence-corrected chi connectivity index (χ1v) is 7.89.